The molecule has 0 radical (unpaired) electrons. The Morgan fingerprint density at radius 2 is 2.00 bits per heavy atom. The highest BCUT2D eigenvalue weighted by atomic mass is 15.1. The first-order valence-electron chi connectivity index (χ1n) is 8.54. The maximum absolute atomic E-state index is 6.27. The van der Waals surface area contributed by atoms with E-state index in [0.717, 1.165) is 29.1 Å². The molecule has 0 amide bonds. The van der Waals surface area contributed by atoms with E-state index in [4.69, 9.17) is 5.73 Å². The predicted molar refractivity (Wildman–Crippen MR) is 95.7 cm³/mol. The molecule has 0 aliphatic heterocycles. The van der Waals surface area contributed by atoms with Gasteiger partial charge in [0.15, 0.2) is 0 Å². The molecule has 0 spiro atoms. The van der Waals surface area contributed by atoms with Crippen LogP contribution in [-0.2, 0) is 0 Å². The monoisotopic (exact) mass is 309 g/mol. The van der Waals surface area contributed by atoms with Gasteiger partial charge in [0, 0.05) is 29.2 Å². The van der Waals surface area contributed by atoms with Crippen LogP contribution in [0.15, 0.2) is 24.4 Å². The second-order valence-electron chi connectivity index (χ2n) is 6.44. The van der Waals surface area contributed by atoms with Gasteiger partial charge in [0.1, 0.15) is 5.82 Å². The van der Waals surface area contributed by atoms with E-state index in [0.29, 0.717) is 23.8 Å². The van der Waals surface area contributed by atoms with Crippen LogP contribution in [0.5, 0.6) is 0 Å². The molecule has 4 rings (SSSR count). The van der Waals surface area contributed by atoms with Crippen LogP contribution in [-0.4, -0.2) is 20.6 Å². The topological polar surface area (TPSA) is 68.8 Å². The minimum Gasteiger partial charge on any atom is -0.383 e. The quantitative estimate of drug-likeness (QED) is 0.744. The van der Waals surface area contributed by atoms with Crippen molar-refractivity contribution in [3.05, 3.63) is 24.4 Å². The van der Waals surface area contributed by atoms with Gasteiger partial charge in [-0.2, -0.15) is 4.98 Å². The fourth-order valence-corrected chi connectivity index (χ4v) is 3.37. The number of benzene rings is 1. The number of fused-ring (bicyclic) bond motifs is 3. The van der Waals surface area contributed by atoms with E-state index in [1.54, 1.807) is 0 Å². The summed E-state index contributed by atoms with van der Waals surface area (Å²) in [7, 11) is 0. The van der Waals surface area contributed by atoms with Gasteiger partial charge >= 0.3 is 0 Å². The number of hydrogen-bond acceptors (Lipinski definition) is 4. The van der Waals surface area contributed by atoms with Crippen LogP contribution in [0, 0.1) is 0 Å². The van der Waals surface area contributed by atoms with E-state index in [2.05, 4.69) is 58.1 Å². The molecule has 1 saturated carbocycles. The van der Waals surface area contributed by atoms with Gasteiger partial charge in [0.2, 0.25) is 5.95 Å². The Bertz CT molecular complexity index is 859. The summed E-state index contributed by atoms with van der Waals surface area (Å²) < 4.78 is 2.35. The zero-order chi connectivity index (χ0) is 16.0. The van der Waals surface area contributed by atoms with Gasteiger partial charge in [-0.05, 0) is 43.9 Å². The smallest absolute Gasteiger partial charge is 0.225 e. The zero-order valence-electron chi connectivity index (χ0n) is 13.7. The number of nitrogens with one attached hydrogen (secondary N) is 1. The number of aromatic nitrogens is 3. The molecule has 1 aromatic carbocycles. The first-order chi connectivity index (χ1) is 11.2. The Morgan fingerprint density at radius 3 is 2.70 bits per heavy atom. The fourth-order valence-electron chi connectivity index (χ4n) is 3.37. The Morgan fingerprint density at radius 1 is 1.22 bits per heavy atom. The van der Waals surface area contributed by atoms with E-state index >= 15 is 0 Å². The summed E-state index contributed by atoms with van der Waals surface area (Å²) >= 11 is 0. The van der Waals surface area contributed by atoms with Crippen molar-refractivity contribution in [1.29, 1.82) is 0 Å². The van der Waals surface area contributed by atoms with Gasteiger partial charge in [-0.3, -0.25) is 0 Å². The highest BCUT2D eigenvalue weighted by molar-refractivity contribution is 6.10. The third-order valence-corrected chi connectivity index (χ3v) is 4.84. The van der Waals surface area contributed by atoms with E-state index in [1.165, 1.54) is 18.4 Å². The molecule has 0 atom stereocenters. The lowest BCUT2D eigenvalue weighted by atomic mass is 10.1. The lowest BCUT2D eigenvalue weighted by Crippen LogP contribution is -2.08. The van der Waals surface area contributed by atoms with E-state index in [-0.39, 0.29) is 0 Å². The molecule has 3 aromatic rings. The number of hydrogen-bond donors (Lipinski definition) is 2. The van der Waals surface area contributed by atoms with Crippen LogP contribution >= 0.6 is 0 Å². The third kappa shape index (κ3) is 2.40. The Kier molecular flexibility index (Phi) is 3.36. The number of anilines is 2. The molecular formula is C18H23N5. The average molecular weight is 309 g/mol. The normalized spacial score (nSPS) is 14.9. The van der Waals surface area contributed by atoms with Crippen molar-refractivity contribution < 1.29 is 0 Å². The molecule has 1 aliphatic carbocycles. The van der Waals surface area contributed by atoms with Crippen LogP contribution in [0.2, 0.25) is 0 Å². The first-order valence-corrected chi connectivity index (χ1v) is 8.54. The second-order valence-corrected chi connectivity index (χ2v) is 6.44. The van der Waals surface area contributed by atoms with Crippen molar-refractivity contribution in [1.82, 2.24) is 14.5 Å². The Hall–Kier alpha value is -2.30. The summed E-state index contributed by atoms with van der Waals surface area (Å²) in [4.78, 5) is 9.12. The van der Waals surface area contributed by atoms with Gasteiger partial charge in [0.05, 0.1) is 10.9 Å². The molecule has 2 aromatic heterocycles. The van der Waals surface area contributed by atoms with Crippen LogP contribution in [0.25, 0.3) is 21.8 Å². The molecule has 5 heteroatoms. The largest absolute Gasteiger partial charge is 0.383 e. The second kappa shape index (κ2) is 5.41. The number of nitrogens with two attached hydrogens (primary N) is 1. The maximum atomic E-state index is 6.27. The zero-order valence-corrected chi connectivity index (χ0v) is 13.7. The van der Waals surface area contributed by atoms with Crippen molar-refractivity contribution in [2.45, 2.75) is 51.6 Å². The number of rotatable bonds is 5. The van der Waals surface area contributed by atoms with Crippen molar-refractivity contribution in [3.63, 3.8) is 0 Å². The summed E-state index contributed by atoms with van der Waals surface area (Å²) in [6, 6.07) is 7.40. The molecule has 0 saturated heterocycles. The summed E-state index contributed by atoms with van der Waals surface area (Å²) in [5.41, 5.74) is 8.39. The molecule has 2 heterocycles. The number of nitrogens with zero attached hydrogens (tertiary/aromatic N) is 3. The molecular weight excluding hydrogens is 286 g/mol. The van der Waals surface area contributed by atoms with Gasteiger partial charge in [0.25, 0.3) is 0 Å². The summed E-state index contributed by atoms with van der Waals surface area (Å²) in [5, 5.41) is 5.44. The molecule has 120 valence electrons. The highest BCUT2D eigenvalue weighted by Gasteiger charge is 2.22. The Labute approximate surface area is 135 Å². The summed E-state index contributed by atoms with van der Waals surface area (Å²) in [6.07, 6.45) is 6.79. The van der Waals surface area contributed by atoms with Gasteiger partial charge in [-0.1, -0.05) is 13.8 Å². The predicted octanol–water partition coefficient (Wildman–Crippen LogP) is 4.10. The lowest BCUT2D eigenvalue weighted by molar-refractivity contribution is 0.486. The standard InChI is InChI=1S/C18H23N5/c1-3-12(4-2)23-10-9-13-15(23)8-7-14-16(13)17(19)22-18(21-14)20-11-5-6-11/h7-12H,3-6H2,1-2H3,(H3,19,20,21,22). The van der Waals surface area contributed by atoms with Crippen LogP contribution in [0.3, 0.4) is 0 Å². The maximum Gasteiger partial charge on any atom is 0.225 e. The van der Waals surface area contributed by atoms with E-state index in [9.17, 15) is 0 Å². The minimum atomic E-state index is 0.517. The van der Waals surface area contributed by atoms with Gasteiger partial charge in [-0.15, -0.1) is 0 Å². The fraction of sp³-hybridized carbons (Fsp3) is 0.444. The van der Waals surface area contributed by atoms with Crippen LogP contribution in [0.1, 0.15) is 45.6 Å². The Balaban J connectivity index is 1.87. The molecule has 0 bridgehead atoms. The van der Waals surface area contributed by atoms with E-state index < -0.39 is 0 Å². The highest BCUT2D eigenvalue weighted by Crippen LogP contribution is 2.33. The molecule has 1 fully saturated rings. The van der Waals surface area contributed by atoms with Gasteiger partial charge in [-0.25, -0.2) is 4.98 Å². The first kappa shape index (κ1) is 14.3. The minimum absolute atomic E-state index is 0.517. The lowest BCUT2D eigenvalue weighted by Gasteiger charge is -2.16. The molecule has 3 N–H and O–H groups in total. The summed E-state index contributed by atoms with van der Waals surface area (Å²) in [5.74, 6) is 1.21. The molecule has 5 nitrogen and oxygen atoms in total. The van der Waals surface area contributed by atoms with Crippen molar-refractivity contribution in [3.8, 4) is 0 Å². The van der Waals surface area contributed by atoms with Crippen molar-refractivity contribution in [2.75, 3.05) is 11.1 Å². The molecule has 0 unspecified atom stereocenters. The molecule has 1 aliphatic rings. The van der Waals surface area contributed by atoms with E-state index in [1.807, 2.05) is 0 Å². The third-order valence-electron chi connectivity index (χ3n) is 4.84. The average Bonchev–Trinajstić information content (AvgIpc) is 3.25. The SMILES string of the molecule is CCC(CC)n1ccc2c3c(N)nc(NC4CC4)nc3ccc21. The van der Waals surface area contributed by atoms with Crippen LogP contribution < -0.4 is 11.1 Å². The number of nitrogen functional groups attached to an aromatic ring is 1. The van der Waals surface area contributed by atoms with Crippen molar-refractivity contribution in [2.24, 2.45) is 0 Å². The molecule has 23 heavy (non-hydrogen) atoms. The van der Waals surface area contributed by atoms with Crippen LogP contribution in [0.4, 0.5) is 11.8 Å². The summed E-state index contributed by atoms with van der Waals surface area (Å²) in [6.45, 7) is 4.46. The van der Waals surface area contributed by atoms with Crippen molar-refractivity contribution >= 4 is 33.6 Å². The van der Waals surface area contributed by atoms with Gasteiger partial charge < -0.3 is 15.6 Å².